The Morgan fingerprint density at radius 2 is 1.96 bits per heavy atom. The third kappa shape index (κ3) is 3.16. The van der Waals surface area contributed by atoms with E-state index in [9.17, 15) is 24.2 Å². The highest BCUT2D eigenvalue weighted by Crippen LogP contribution is 2.32. The van der Waals surface area contributed by atoms with E-state index in [-0.39, 0.29) is 40.1 Å². The van der Waals surface area contributed by atoms with Gasteiger partial charge in [0.15, 0.2) is 0 Å². The summed E-state index contributed by atoms with van der Waals surface area (Å²) in [7, 11) is 0. The standard InChI is InChI=1S/C18H14FNO5/c1-9-11(8-16(23)20-13-5-3-2-4-12(13)19)18(24)25-15-7-10(21)6-14(22)17(9)15/h2-7,21-22H,8H2,1H3,(H,20,23). The number of carbonyl (C=O) groups is 1. The van der Waals surface area contributed by atoms with Crippen LogP contribution in [0.1, 0.15) is 11.1 Å². The summed E-state index contributed by atoms with van der Waals surface area (Å²) in [5.41, 5.74) is -0.352. The van der Waals surface area contributed by atoms with Crippen molar-refractivity contribution in [2.24, 2.45) is 0 Å². The summed E-state index contributed by atoms with van der Waals surface area (Å²) >= 11 is 0. The quantitative estimate of drug-likeness (QED) is 0.635. The van der Waals surface area contributed by atoms with E-state index in [1.807, 2.05) is 0 Å². The van der Waals surface area contributed by atoms with Gasteiger partial charge in [-0.1, -0.05) is 12.1 Å². The molecule has 7 heteroatoms. The number of hydrogen-bond acceptors (Lipinski definition) is 5. The topological polar surface area (TPSA) is 99.8 Å². The molecule has 0 aliphatic carbocycles. The van der Waals surface area contributed by atoms with Gasteiger partial charge in [0, 0.05) is 12.1 Å². The lowest BCUT2D eigenvalue weighted by atomic mass is 10.0. The number of aryl methyl sites for hydroxylation is 1. The molecule has 0 unspecified atom stereocenters. The molecule has 0 saturated heterocycles. The van der Waals surface area contributed by atoms with Gasteiger partial charge in [-0.15, -0.1) is 0 Å². The van der Waals surface area contributed by atoms with Crippen molar-refractivity contribution < 1.29 is 23.8 Å². The molecule has 0 aliphatic rings. The van der Waals surface area contributed by atoms with Crippen LogP contribution in [0.4, 0.5) is 10.1 Å². The van der Waals surface area contributed by atoms with Crippen LogP contribution in [-0.2, 0) is 11.2 Å². The Bertz CT molecular complexity index is 1040. The van der Waals surface area contributed by atoms with Crippen LogP contribution in [0.2, 0.25) is 0 Å². The predicted octanol–water partition coefficient (Wildman–Crippen LogP) is 2.83. The fourth-order valence-electron chi connectivity index (χ4n) is 2.63. The van der Waals surface area contributed by atoms with Crippen LogP contribution in [0.5, 0.6) is 11.5 Å². The van der Waals surface area contributed by atoms with Gasteiger partial charge in [-0.2, -0.15) is 0 Å². The highest BCUT2D eigenvalue weighted by Gasteiger charge is 2.18. The first-order chi connectivity index (χ1) is 11.9. The Labute approximate surface area is 141 Å². The second-order valence-electron chi connectivity index (χ2n) is 5.54. The fourth-order valence-corrected chi connectivity index (χ4v) is 2.63. The van der Waals surface area contributed by atoms with Crippen LogP contribution >= 0.6 is 0 Å². The zero-order valence-electron chi connectivity index (χ0n) is 13.2. The number of para-hydroxylation sites is 1. The summed E-state index contributed by atoms with van der Waals surface area (Å²) in [5.74, 6) is -1.71. The van der Waals surface area contributed by atoms with Crippen molar-refractivity contribution in [3.63, 3.8) is 0 Å². The molecule has 0 bridgehead atoms. The number of hydrogen-bond donors (Lipinski definition) is 3. The number of anilines is 1. The second kappa shape index (κ2) is 6.27. The van der Waals surface area contributed by atoms with Crippen molar-refractivity contribution in [1.29, 1.82) is 0 Å². The summed E-state index contributed by atoms with van der Waals surface area (Å²) in [6.45, 7) is 1.56. The van der Waals surface area contributed by atoms with E-state index in [0.29, 0.717) is 5.56 Å². The van der Waals surface area contributed by atoms with Gasteiger partial charge in [0.1, 0.15) is 22.9 Å². The number of amides is 1. The Balaban J connectivity index is 1.98. The van der Waals surface area contributed by atoms with Crippen molar-refractivity contribution >= 4 is 22.6 Å². The number of carbonyl (C=O) groups excluding carboxylic acids is 1. The van der Waals surface area contributed by atoms with E-state index in [4.69, 9.17) is 4.42 Å². The monoisotopic (exact) mass is 343 g/mol. The lowest BCUT2D eigenvalue weighted by Gasteiger charge is -2.10. The molecule has 25 heavy (non-hydrogen) atoms. The SMILES string of the molecule is Cc1c(CC(=O)Nc2ccccc2F)c(=O)oc2cc(O)cc(O)c12. The Kier molecular flexibility index (Phi) is 4.14. The minimum Gasteiger partial charge on any atom is -0.508 e. The molecule has 3 aromatic rings. The van der Waals surface area contributed by atoms with Crippen molar-refractivity contribution in [2.45, 2.75) is 13.3 Å². The van der Waals surface area contributed by atoms with Crippen molar-refractivity contribution in [1.82, 2.24) is 0 Å². The van der Waals surface area contributed by atoms with Crippen LogP contribution in [-0.4, -0.2) is 16.1 Å². The number of rotatable bonds is 3. The van der Waals surface area contributed by atoms with Crippen LogP contribution < -0.4 is 10.9 Å². The molecule has 3 N–H and O–H groups in total. The Morgan fingerprint density at radius 3 is 2.68 bits per heavy atom. The summed E-state index contributed by atoms with van der Waals surface area (Å²) in [4.78, 5) is 24.3. The van der Waals surface area contributed by atoms with E-state index in [2.05, 4.69) is 5.32 Å². The average molecular weight is 343 g/mol. The number of nitrogens with one attached hydrogen (secondary N) is 1. The van der Waals surface area contributed by atoms with Crippen molar-refractivity contribution in [2.75, 3.05) is 5.32 Å². The van der Waals surface area contributed by atoms with Gasteiger partial charge in [-0.3, -0.25) is 4.79 Å². The third-order valence-electron chi connectivity index (χ3n) is 3.83. The largest absolute Gasteiger partial charge is 0.508 e. The minimum absolute atomic E-state index is 0.00287. The fraction of sp³-hybridized carbons (Fsp3) is 0.111. The third-order valence-corrected chi connectivity index (χ3v) is 3.83. The van der Waals surface area contributed by atoms with E-state index in [1.165, 1.54) is 24.3 Å². The maximum atomic E-state index is 13.6. The number of phenolic OH excluding ortho intramolecular Hbond substituents is 2. The summed E-state index contributed by atoms with van der Waals surface area (Å²) in [6.07, 6.45) is -0.348. The van der Waals surface area contributed by atoms with Gasteiger partial charge in [-0.25, -0.2) is 9.18 Å². The first-order valence-corrected chi connectivity index (χ1v) is 7.39. The van der Waals surface area contributed by atoms with E-state index < -0.39 is 17.3 Å². The predicted molar refractivity (Wildman–Crippen MR) is 89.3 cm³/mol. The van der Waals surface area contributed by atoms with Crippen LogP contribution in [0, 0.1) is 12.7 Å². The molecule has 128 valence electrons. The number of benzene rings is 2. The van der Waals surface area contributed by atoms with E-state index in [1.54, 1.807) is 13.0 Å². The zero-order chi connectivity index (χ0) is 18.1. The molecule has 1 heterocycles. The van der Waals surface area contributed by atoms with Crippen LogP contribution in [0.3, 0.4) is 0 Å². The van der Waals surface area contributed by atoms with E-state index >= 15 is 0 Å². The van der Waals surface area contributed by atoms with Gasteiger partial charge in [0.25, 0.3) is 0 Å². The van der Waals surface area contributed by atoms with Gasteiger partial charge in [0.2, 0.25) is 5.91 Å². The Hall–Kier alpha value is -3.35. The Morgan fingerprint density at radius 1 is 1.24 bits per heavy atom. The molecule has 0 aliphatic heterocycles. The summed E-state index contributed by atoms with van der Waals surface area (Å²) < 4.78 is 18.7. The highest BCUT2D eigenvalue weighted by atomic mass is 19.1. The highest BCUT2D eigenvalue weighted by molar-refractivity contribution is 5.94. The molecule has 6 nitrogen and oxygen atoms in total. The molecule has 0 atom stereocenters. The number of fused-ring (bicyclic) bond motifs is 1. The molecular formula is C18H14FNO5. The van der Waals surface area contributed by atoms with Crippen LogP contribution in [0.15, 0.2) is 45.6 Å². The minimum atomic E-state index is -0.765. The lowest BCUT2D eigenvalue weighted by molar-refractivity contribution is -0.115. The number of aromatic hydroxyl groups is 2. The molecule has 3 rings (SSSR count). The normalized spacial score (nSPS) is 10.8. The first-order valence-electron chi connectivity index (χ1n) is 7.39. The molecule has 1 aromatic heterocycles. The molecule has 0 radical (unpaired) electrons. The number of halogens is 1. The average Bonchev–Trinajstić information content (AvgIpc) is 2.52. The zero-order valence-corrected chi connectivity index (χ0v) is 13.2. The van der Waals surface area contributed by atoms with Crippen LogP contribution in [0.25, 0.3) is 11.0 Å². The molecule has 0 spiro atoms. The molecule has 0 saturated carbocycles. The molecule has 0 fully saturated rings. The number of phenols is 2. The molecule has 2 aromatic carbocycles. The maximum Gasteiger partial charge on any atom is 0.340 e. The van der Waals surface area contributed by atoms with Gasteiger partial charge < -0.3 is 19.9 Å². The smallest absolute Gasteiger partial charge is 0.340 e. The van der Waals surface area contributed by atoms with Crippen molar-refractivity contribution in [3.05, 3.63) is 63.8 Å². The summed E-state index contributed by atoms with van der Waals surface area (Å²) in [5, 5.41) is 22.1. The lowest BCUT2D eigenvalue weighted by Crippen LogP contribution is -2.21. The second-order valence-corrected chi connectivity index (χ2v) is 5.54. The van der Waals surface area contributed by atoms with E-state index in [0.717, 1.165) is 6.07 Å². The molecule has 1 amide bonds. The summed E-state index contributed by atoms with van der Waals surface area (Å²) in [6, 6.07) is 7.97. The van der Waals surface area contributed by atoms with Gasteiger partial charge in [-0.05, 0) is 24.6 Å². The maximum absolute atomic E-state index is 13.6. The van der Waals surface area contributed by atoms with Crippen molar-refractivity contribution in [3.8, 4) is 11.5 Å². The van der Waals surface area contributed by atoms with Gasteiger partial charge in [0.05, 0.1) is 23.1 Å². The molecular weight excluding hydrogens is 329 g/mol. The first kappa shape index (κ1) is 16.5. The van der Waals surface area contributed by atoms with Gasteiger partial charge >= 0.3 is 5.63 Å².